The largest absolute Gasteiger partial charge is 0.288 e. The molecule has 0 aliphatic heterocycles. The SMILES string of the molecule is O=C(c1ccccc1)c1ccc(CNS(=O)(=O)c2ccccc2F)s1. The van der Waals surface area contributed by atoms with Crippen molar-refractivity contribution in [3.05, 3.63) is 87.9 Å². The second kappa shape index (κ2) is 7.26. The minimum Gasteiger partial charge on any atom is -0.288 e. The van der Waals surface area contributed by atoms with Crippen molar-refractivity contribution in [3.63, 3.8) is 0 Å². The van der Waals surface area contributed by atoms with Crippen LogP contribution in [-0.2, 0) is 16.6 Å². The number of hydrogen-bond donors (Lipinski definition) is 1. The van der Waals surface area contributed by atoms with E-state index in [0.29, 0.717) is 15.3 Å². The second-order valence-electron chi connectivity index (χ2n) is 5.22. The third-order valence-electron chi connectivity index (χ3n) is 3.48. The summed E-state index contributed by atoms with van der Waals surface area (Å²) >= 11 is 1.21. The maximum atomic E-state index is 13.6. The van der Waals surface area contributed by atoms with E-state index < -0.39 is 20.7 Å². The second-order valence-corrected chi connectivity index (χ2v) is 8.12. The van der Waals surface area contributed by atoms with E-state index in [1.165, 1.54) is 29.5 Å². The van der Waals surface area contributed by atoms with E-state index in [2.05, 4.69) is 4.72 Å². The molecular weight excluding hydrogens is 361 g/mol. The average Bonchev–Trinajstić information content (AvgIpc) is 3.09. The van der Waals surface area contributed by atoms with Gasteiger partial charge in [0, 0.05) is 17.0 Å². The van der Waals surface area contributed by atoms with Crippen molar-refractivity contribution in [1.29, 1.82) is 0 Å². The van der Waals surface area contributed by atoms with Crippen LogP contribution in [0.4, 0.5) is 4.39 Å². The molecule has 128 valence electrons. The fourth-order valence-electron chi connectivity index (χ4n) is 2.23. The topological polar surface area (TPSA) is 63.2 Å². The highest BCUT2D eigenvalue weighted by molar-refractivity contribution is 7.89. The predicted octanol–water partition coefficient (Wildman–Crippen LogP) is 3.60. The first-order valence-corrected chi connectivity index (χ1v) is 9.70. The molecule has 0 spiro atoms. The molecule has 0 saturated heterocycles. The summed E-state index contributed by atoms with van der Waals surface area (Å²) in [5.41, 5.74) is 0.572. The van der Waals surface area contributed by atoms with Crippen LogP contribution in [0.3, 0.4) is 0 Å². The Balaban J connectivity index is 1.72. The van der Waals surface area contributed by atoms with Crippen molar-refractivity contribution in [3.8, 4) is 0 Å². The van der Waals surface area contributed by atoms with Crippen molar-refractivity contribution in [2.24, 2.45) is 0 Å². The Labute approximate surface area is 149 Å². The van der Waals surface area contributed by atoms with Crippen LogP contribution in [0.5, 0.6) is 0 Å². The molecule has 0 bridgehead atoms. The monoisotopic (exact) mass is 375 g/mol. The molecule has 1 aromatic heterocycles. The third-order valence-corrected chi connectivity index (χ3v) is 6.00. The molecule has 0 saturated carbocycles. The van der Waals surface area contributed by atoms with Gasteiger partial charge in [-0.3, -0.25) is 4.79 Å². The van der Waals surface area contributed by atoms with Crippen LogP contribution >= 0.6 is 11.3 Å². The van der Waals surface area contributed by atoms with E-state index in [0.717, 1.165) is 6.07 Å². The minimum absolute atomic E-state index is 0.0105. The standard InChI is InChI=1S/C18H14FNO3S2/c19-15-8-4-5-9-17(15)25(22,23)20-12-14-10-11-16(24-14)18(21)13-6-2-1-3-7-13/h1-11,20H,12H2. The van der Waals surface area contributed by atoms with E-state index in [4.69, 9.17) is 0 Å². The molecule has 2 aromatic carbocycles. The molecule has 4 nitrogen and oxygen atoms in total. The first-order valence-electron chi connectivity index (χ1n) is 7.40. The van der Waals surface area contributed by atoms with E-state index >= 15 is 0 Å². The van der Waals surface area contributed by atoms with Gasteiger partial charge in [0.15, 0.2) is 0 Å². The summed E-state index contributed by atoms with van der Waals surface area (Å²) in [6, 6.07) is 17.4. The summed E-state index contributed by atoms with van der Waals surface area (Å²) in [6.45, 7) is -0.0105. The normalized spacial score (nSPS) is 11.4. The molecular formula is C18H14FNO3S2. The molecule has 0 aliphatic rings. The lowest BCUT2D eigenvalue weighted by Crippen LogP contribution is -2.23. The van der Waals surface area contributed by atoms with Crippen molar-refractivity contribution in [1.82, 2.24) is 4.72 Å². The molecule has 7 heteroatoms. The Bertz CT molecular complexity index is 998. The zero-order valence-corrected chi connectivity index (χ0v) is 14.6. The van der Waals surface area contributed by atoms with Gasteiger partial charge in [0.2, 0.25) is 15.8 Å². The fraction of sp³-hybridized carbons (Fsp3) is 0.0556. The van der Waals surface area contributed by atoms with Crippen molar-refractivity contribution in [2.75, 3.05) is 0 Å². The van der Waals surface area contributed by atoms with Crippen LogP contribution in [0, 0.1) is 5.82 Å². The van der Waals surface area contributed by atoms with Gasteiger partial charge in [-0.25, -0.2) is 17.5 Å². The number of rotatable bonds is 6. The maximum absolute atomic E-state index is 13.6. The minimum atomic E-state index is -3.96. The summed E-state index contributed by atoms with van der Waals surface area (Å²) in [7, 11) is -3.96. The number of halogens is 1. The number of ketones is 1. The first-order chi connectivity index (χ1) is 12.0. The lowest BCUT2D eigenvalue weighted by molar-refractivity contribution is 0.104. The van der Waals surface area contributed by atoms with Crippen molar-refractivity contribution in [2.45, 2.75) is 11.4 Å². The Morgan fingerprint density at radius 2 is 1.64 bits per heavy atom. The highest BCUT2D eigenvalue weighted by Crippen LogP contribution is 2.21. The summed E-state index contributed by atoms with van der Waals surface area (Å²) in [5, 5.41) is 0. The zero-order valence-electron chi connectivity index (χ0n) is 13.0. The van der Waals surface area contributed by atoms with Crippen LogP contribution in [-0.4, -0.2) is 14.2 Å². The summed E-state index contributed by atoms with van der Waals surface area (Å²) in [4.78, 5) is 13.1. The van der Waals surface area contributed by atoms with Crippen molar-refractivity contribution >= 4 is 27.1 Å². The number of sulfonamides is 1. The van der Waals surface area contributed by atoms with E-state index in [1.54, 1.807) is 36.4 Å². The van der Waals surface area contributed by atoms with E-state index in [-0.39, 0.29) is 12.3 Å². The fourth-order valence-corrected chi connectivity index (χ4v) is 4.32. The lowest BCUT2D eigenvalue weighted by atomic mass is 10.1. The molecule has 0 amide bonds. The van der Waals surface area contributed by atoms with Crippen LogP contribution in [0.2, 0.25) is 0 Å². The van der Waals surface area contributed by atoms with Crippen LogP contribution in [0.1, 0.15) is 20.1 Å². The molecule has 0 atom stereocenters. The Hall–Kier alpha value is -2.35. The predicted molar refractivity (Wildman–Crippen MR) is 94.6 cm³/mol. The van der Waals surface area contributed by atoms with Gasteiger partial charge in [0.05, 0.1) is 4.88 Å². The number of benzene rings is 2. The molecule has 0 fully saturated rings. The molecule has 0 unspecified atom stereocenters. The highest BCUT2D eigenvalue weighted by atomic mass is 32.2. The Kier molecular flexibility index (Phi) is 5.08. The van der Waals surface area contributed by atoms with E-state index in [9.17, 15) is 17.6 Å². The zero-order chi connectivity index (χ0) is 17.9. The average molecular weight is 375 g/mol. The number of carbonyl (C=O) groups is 1. The molecule has 3 rings (SSSR count). The van der Waals surface area contributed by atoms with Gasteiger partial charge < -0.3 is 0 Å². The number of nitrogens with one attached hydrogen (secondary N) is 1. The smallest absolute Gasteiger partial charge is 0.243 e. The summed E-state index contributed by atoms with van der Waals surface area (Å²) in [5.74, 6) is -0.921. The van der Waals surface area contributed by atoms with Crippen LogP contribution in [0.15, 0.2) is 71.6 Å². The third kappa shape index (κ3) is 4.01. The Morgan fingerprint density at radius 1 is 0.960 bits per heavy atom. The number of thiophene rings is 1. The summed E-state index contributed by atoms with van der Waals surface area (Å²) < 4.78 is 40.4. The maximum Gasteiger partial charge on any atom is 0.243 e. The molecule has 25 heavy (non-hydrogen) atoms. The molecule has 0 radical (unpaired) electrons. The van der Waals surface area contributed by atoms with E-state index in [1.807, 2.05) is 6.07 Å². The molecule has 1 N–H and O–H groups in total. The van der Waals surface area contributed by atoms with Gasteiger partial charge in [-0.15, -0.1) is 11.3 Å². The quantitative estimate of drug-likeness (QED) is 0.670. The van der Waals surface area contributed by atoms with Gasteiger partial charge in [-0.05, 0) is 24.3 Å². The molecule has 0 aliphatic carbocycles. The van der Waals surface area contributed by atoms with Crippen molar-refractivity contribution < 1.29 is 17.6 Å². The van der Waals surface area contributed by atoms with Gasteiger partial charge >= 0.3 is 0 Å². The van der Waals surface area contributed by atoms with Gasteiger partial charge in [-0.1, -0.05) is 42.5 Å². The van der Waals surface area contributed by atoms with Gasteiger partial charge in [0.1, 0.15) is 10.7 Å². The molecule has 1 heterocycles. The highest BCUT2D eigenvalue weighted by Gasteiger charge is 2.19. The van der Waals surface area contributed by atoms with Gasteiger partial charge in [0.25, 0.3) is 0 Å². The summed E-state index contributed by atoms with van der Waals surface area (Å²) in [6.07, 6.45) is 0. The lowest BCUT2D eigenvalue weighted by Gasteiger charge is -2.06. The van der Waals surface area contributed by atoms with Crippen LogP contribution in [0.25, 0.3) is 0 Å². The first kappa shape index (κ1) is 17.5. The van der Waals surface area contributed by atoms with Gasteiger partial charge in [-0.2, -0.15) is 0 Å². The Morgan fingerprint density at radius 3 is 2.36 bits per heavy atom. The van der Waals surface area contributed by atoms with Crippen LogP contribution < -0.4 is 4.72 Å². The number of carbonyl (C=O) groups excluding carboxylic acids is 1. The molecule has 3 aromatic rings. The number of hydrogen-bond acceptors (Lipinski definition) is 4.